The molecule has 0 aromatic carbocycles. The highest BCUT2D eigenvalue weighted by molar-refractivity contribution is 5.58. The normalized spacial score (nSPS) is 23.3. The number of ether oxygens (including phenoxy) is 1. The van der Waals surface area contributed by atoms with Crippen molar-refractivity contribution in [1.29, 1.82) is 5.26 Å². The minimum Gasteiger partial charge on any atom is -0.379 e. The zero-order valence-corrected chi connectivity index (χ0v) is 13.5. The highest BCUT2D eigenvalue weighted by Crippen LogP contribution is 2.26. The summed E-state index contributed by atoms with van der Waals surface area (Å²) in [4.78, 5) is 9.51. The molecule has 0 radical (unpaired) electrons. The summed E-state index contributed by atoms with van der Waals surface area (Å²) in [5, 5.41) is 9.49. The number of pyridine rings is 1. The largest absolute Gasteiger partial charge is 0.379 e. The number of aryl methyl sites for hydroxylation is 2. The van der Waals surface area contributed by atoms with Crippen LogP contribution in [0.1, 0.15) is 29.7 Å². The fourth-order valence-electron chi connectivity index (χ4n) is 3.57. The van der Waals surface area contributed by atoms with Gasteiger partial charge in [-0.1, -0.05) is 0 Å². The molecule has 3 heterocycles. The number of nitriles is 1. The second-order valence-corrected chi connectivity index (χ2v) is 6.28. The van der Waals surface area contributed by atoms with Crippen LogP contribution >= 0.6 is 0 Å². The molecule has 1 atom stereocenters. The fourth-order valence-corrected chi connectivity index (χ4v) is 3.57. The molecule has 0 amide bonds. The smallest absolute Gasteiger partial charge is 0.147 e. The number of rotatable bonds is 2. The van der Waals surface area contributed by atoms with E-state index >= 15 is 0 Å². The summed E-state index contributed by atoms with van der Waals surface area (Å²) >= 11 is 0. The van der Waals surface area contributed by atoms with E-state index in [0.29, 0.717) is 6.04 Å². The molecule has 5 heteroatoms. The summed E-state index contributed by atoms with van der Waals surface area (Å²) in [6.45, 7) is 9.66. The van der Waals surface area contributed by atoms with Crippen LogP contribution in [0.2, 0.25) is 0 Å². The SMILES string of the molecule is Cc1cc(C)c(C#N)c(N2CCCC(N3CCOCC3)C2)n1. The molecular weight excluding hydrogens is 276 g/mol. The van der Waals surface area contributed by atoms with Gasteiger partial charge in [0.15, 0.2) is 0 Å². The second kappa shape index (κ2) is 6.64. The first-order chi connectivity index (χ1) is 10.7. The minimum absolute atomic E-state index is 0.548. The Morgan fingerprint density at radius 2 is 2.05 bits per heavy atom. The Labute approximate surface area is 132 Å². The Morgan fingerprint density at radius 1 is 1.27 bits per heavy atom. The molecule has 0 spiro atoms. The molecule has 2 fully saturated rings. The van der Waals surface area contributed by atoms with Crippen molar-refractivity contribution in [3.05, 3.63) is 22.9 Å². The lowest BCUT2D eigenvalue weighted by Gasteiger charge is -2.41. The van der Waals surface area contributed by atoms with Crippen LogP contribution in [-0.2, 0) is 4.74 Å². The molecule has 0 aliphatic carbocycles. The number of hydrogen-bond donors (Lipinski definition) is 0. The van der Waals surface area contributed by atoms with E-state index in [2.05, 4.69) is 20.9 Å². The Kier molecular flexibility index (Phi) is 4.60. The van der Waals surface area contributed by atoms with Crippen molar-refractivity contribution in [3.63, 3.8) is 0 Å². The van der Waals surface area contributed by atoms with Crippen LogP contribution in [0.25, 0.3) is 0 Å². The van der Waals surface area contributed by atoms with Gasteiger partial charge in [0, 0.05) is 37.9 Å². The van der Waals surface area contributed by atoms with Crippen LogP contribution in [0.5, 0.6) is 0 Å². The highest BCUT2D eigenvalue weighted by Gasteiger charge is 2.28. The van der Waals surface area contributed by atoms with Crippen molar-refractivity contribution < 1.29 is 4.74 Å². The van der Waals surface area contributed by atoms with E-state index in [4.69, 9.17) is 4.74 Å². The number of piperidine rings is 1. The van der Waals surface area contributed by atoms with Gasteiger partial charge in [0.1, 0.15) is 11.9 Å². The van der Waals surface area contributed by atoms with Gasteiger partial charge in [0.25, 0.3) is 0 Å². The average Bonchev–Trinajstić information content (AvgIpc) is 2.55. The van der Waals surface area contributed by atoms with Gasteiger partial charge >= 0.3 is 0 Å². The second-order valence-electron chi connectivity index (χ2n) is 6.28. The molecule has 2 aliphatic rings. The van der Waals surface area contributed by atoms with Gasteiger partial charge in [0.2, 0.25) is 0 Å². The van der Waals surface area contributed by atoms with E-state index in [1.54, 1.807) is 0 Å². The summed E-state index contributed by atoms with van der Waals surface area (Å²) in [5.74, 6) is 0.873. The molecular formula is C17H24N4O. The molecule has 1 aromatic heterocycles. The topological polar surface area (TPSA) is 52.4 Å². The monoisotopic (exact) mass is 300 g/mol. The standard InChI is InChI=1S/C17H24N4O/c1-13-10-14(2)19-17(16(13)11-18)21-5-3-4-15(12-21)20-6-8-22-9-7-20/h10,15H,3-9,12H2,1-2H3. The molecule has 1 aromatic rings. The predicted molar refractivity (Wildman–Crippen MR) is 86.1 cm³/mol. The number of morpholine rings is 1. The van der Waals surface area contributed by atoms with Gasteiger partial charge in [-0.3, -0.25) is 4.90 Å². The number of anilines is 1. The van der Waals surface area contributed by atoms with Crippen molar-refractivity contribution in [2.45, 2.75) is 32.7 Å². The fraction of sp³-hybridized carbons (Fsp3) is 0.647. The van der Waals surface area contributed by atoms with Crippen LogP contribution in [0.15, 0.2) is 6.07 Å². The first-order valence-electron chi connectivity index (χ1n) is 8.14. The molecule has 0 bridgehead atoms. The Balaban J connectivity index is 1.81. The molecule has 0 saturated carbocycles. The van der Waals surface area contributed by atoms with Crippen LogP contribution in [0.4, 0.5) is 5.82 Å². The van der Waals surface area contributed by atoms with Gasteiger partial charge in [0.05, 0.1) is 18.8 Å². The third-order valence-corrected chi connectivity index (χ3v) is 4.70. The maximum absolute atomic E-state index is 9.49. The molecule has 1 unspecified atom stereocenters. The summed E-state index contributed by atoms with van der Waals surface area (Å²) in [7, 11) is 0. The van der Waals surface area contributed by atoms with Crippen molar-refractivity contribution in [2.24, 2.45) is 0 Å². The summed E-state index contributed by atoms with van der Waals surface area (Å²) < 4.78 is 5.46. The quantitative estimate of drug-likeness (QED) is 0.834. The van der Waals surface area contributed by atoms with E-state index in [9.17, 15) is 5.26 Å². The van der Waals surface area contributed by atoms with E-state index in [0.717, 1.165) is 68.5 Å². The summed E-state index contributed by atoms with van der Waals surface area (Å²) in [6.07, 6.45) is 2.38. The third-order valence-electron chi connectivity index (χ3n) is 4.70. The minimum atomic E-state index is 0.548. The van der Waals surface area contributed by atoms with Crippen LogP contribution < -0.4 is 4.90 Å². The van der Waals surface area contributed by atoms with Crippen LogP contribution in [-0.4, -0.2) is 55.3 Å². The van der Waals surface area contributed by atoms with Gasteiger partial charge in [-0.05, 0) is 38.3 Å². The highest BCUT2D eigenvalue weighted by atomic mass is 16.5. The Hall–Kier alpha value is -1.64. The van der Waals surface area contributed by atoms with Crippen molar-refractivity contribution >= 4 is 5.82 Å². The molecule has 0 N–H and O–H groups in total. The van der Waals surface area contributed by atoms with Crippen LogP contribution in [0.3, 0.4) is 0 Å². The van der Waals surface area contributed by atoms with Crippen molar-refractivity contribution in [3.8, 4) is 6.07 Å². The number of aromatic nitrogens is 1. The van der Waals surface area contributed by atoms with E-state index < -0.39 is 0 Å². The molecule has 118 valence electrons. The number of hydrogen-bond acceptors (Lipinski definition) is 5. The van der Waals surface area contributed by atoms with E-state index in [-0.39, 0.29) is 0 Å². The third kappa shape index (κ3) is 3.08. The first-order valence-corrected chi connectivity index (χ1v) is 8.14. The molecule has 3 rings (SSSR count). The predicted octanol–water partition coefficient (Wildman–Crippen LogP) is 1.87. The van der Waals surface area contributed by atoms with E-state index in [1.165, 1.54) is 6.42 Å². The lowest BCUT2D eigenvalue weighted by atomic mass is 10.0. The van der Waals surface area contributed by atoms with Gasteiger partial charge in [-0.2, -0.15) is 5.26 Å². The van der Waals surface area contributed by atoms with Crippen molar-refractivity contribution in [1.82, 2.24) is 9.88 Å². The van der Waals surface area contributed by atoms with E-state index in [1.807, 2.05) is 19.9 Å². The number of nitrogens with zero attached hydrogens (tertiary/aromatic N) is 4. The maximum Gasteiger partial charge on any atom is 0.147 e. The van der Waals surface area contributed by atoms with Crippen LogP contribution in [0, 0.1) is 25.2 Å². The average molecular weight is 300 g/mol. The zero-order chi connectivity index (χ0) is 15.5. The molecule has 2 saturated heterocycles. The lowest BCUT2D eigenvalue weighted by molar-refractivity contribution is 0.0137. The summed E-state index contributed by atoms with van der Waals surface area (Å²) in [6, 6.07) is 4.88. The molecule has 2 aliphatic heterocycles. The lowest BCUT2D eigenvalue weighted by Crippen LogP contribution is -2.52. The van der Waals surface area contributed by atoms with Crippen molar-refractivity contribution in [2.75, 3.05) is 44.3 Å². The Bertz CT molecular complexity index is 575. The van der Waals surface area contributed by atoms with Gasteiger partial charge in [-0.15, -0.1) is 0 Å². The molecule has 5 nitrogen and oxygen atoms in total. The van der Waals surface area contributed by atoms with Gasteiger partial charge < -0.3 is 9.64 Å². The van der Waals surface area contributed by atoms with Gasteiger partial charge in [-0.25, -0.2) is 4.98 Å². The maximum atomic E-state index is 9.49. The zero-order valence-electron chi connectivity index (χ0n) is 13.5. The Morgan fingerprint density at radius 3 is 2.77 bits per heavy atom. The first kappa shape index (κ1) is 15.3. The summed E-state index contributed by atoms with van der Waals surface area (Å²) in [5.41, 5.74) is 2.74. The molecule has 22 heavy (non-hydrogen) atoms.